The Labute approximate surface area is 139 Å². The number of benzene rings is 1. The first kappa shape index (κ1) is 16.9. The molecule has 1 saturated heterocycles. The molecule has 1 saturated carbocycles. The highest BCUT2D eigenvalue weighted by atomic mass is 19.4. The number of anilines is 1. The van der Waals surface area contributed by atoms with Crippen LogP contribution in [-0.2, 0) is 6.54 Å². The van der Waals surface area contributed by atoms with Crippen molar-refractivity contribution in [3.05, 3.63) is 29.8 Å². The fraction of sp³-hybridized carbons (Fsp3) is 0.588. The lowest BCUT2D eigenvalue weighted by atomic mass is 9.85. The van der Waals surface area contributed by atoms with Crippen LogP contribution in [0.1, 0.15) is 31.2 Å². The smallest absolute Gasteiger partial charge is 0.382 e. The van der Waals surface area contributed by atoms with Crippen LogP contribution >= 0.6 is 0 Å². The first-order chi connectivity index (χ1) is 11.4. The van der Waals surface area contributed by atoms with Gasteiger partial charge in [0.2, 0.25) is 0 Å². The maximum Gasteiger partial charge on any atom is 0.391 e. The molecule has 1 aliphatic carbocycles. The molecule has 0 aromatic heterocycles. The molecule has 0 spiro atoms. The van der Waals surface area contributed by atoms with Gasteiger partial charge in [-0.1, -0.05) is 24.6 Å². The van der Waals surface area contributed by atoms with Crippen molar-refractivity contribution < 1.29 is 18.0 Å². The Balaban J connectivity index is 1.67. The van der Waals surface area contributed by atoms with Crippen molar-refractivity contribution in [1.82, 2.24) is 10.2 Å². The van der Waals surface area contributed by atoms with Crippen LogP contribution in [0.25, 0.3) is 0 Å². The number of nitrogens with zero attached hydrogens (tertiary/aromatic N) is 1. The number of amides is 2. The predicted octanol–water partition coefficient (Wildman–Crippen LogP) is 3.74. The monoisotopic (exact) mass is 341 g/mol. The van der Waals surface area contributed by atoms with Crippen molar-refractivity contribution in [3.63, 3.8) is 0 Å². The molecule has 7 heteroatoms. The number of carbonyl (C=O) groups excluding carboxylic acids is 1. The Bertz CT molecular complexity index is 591. The molecular formula is C17H22F3N3O. The first-order valence-corrected chi connectivity index (χ1v) is 8.37. The Morgan fingerprint density at radius 3 is 2.75 bits per heavy atom. The molecule has 2 fully saturated rings. The van der Waals surface area contributed by atoms with Gasteiger partial charge in [-0.25, -0.2) is 4.79 Å². The van der Waals surface area contributed by atoms with Gasteiger partial charge in [-0.05, 0) is 30.9 Å². The Morgan fingerprint density at radius 1 is 1.25 bits per heavy atom. The van der Waals surface area contributed by atoms with E-state index < -0.39 is 12.1 Å². The lowest BCUT2D eigenvalue weighted by molar-refractivity contribution is -0.182. The summed E-state index contributed by atoms with van der Waals surface area (Å²) in [5.74, 6) is -1.22. The molecular weight excluding hydrogens is 319 g/mol. The number of para-hydroxylation sites is 1. The summed E-state index contributed by atoms with van der Waals surface area (Å²) >= 11 is 0. The second-order valence-electron chi connectivity index (χ2n) is 6.56. The zero-order valence-electron chi connectivity index (χ0n) is 13.4. The third-order valence-corrected chi connectivity index (χ3v) is 4.82. The highest BCUT2D eigenvalue weighted by Crippen LogP contribution is 2.38. The van der Waals surface area contributed by atoms with Crippen LogP contribution in [0.15, 0.2) is 24.3 Å². The minimum atomic E-state index is -4.12. The summed E-state index contributed by atoms with van der Waals surface area (Å²) in [4.78, 5) is 13.4. The minimum absolute atomic E-state index is 0.0976. The van der Waals surface area contributed by atoms with Gasteiger partial charge in [0.25, 0.3) is 0 Å². The molecule has 1 heterocycles. The van der Waals surface area contributed by atoms with Gasteiger partial charge in [0, 0.05) is 31.4 Å². The van der Waals surface area contributed by atoms with Crippen LogP contribution in [0.3, 0.4) is 0 Å². The van der Waals surface area contributed by atoms with Gasteiger partial charge in [0.1, 0.15) is 0 Å². The number of carbonyl (C=O) groups is 1. The Hall–Kier alpha value is -1.92. The van der Waals surface area contributed by atoms with Crippen LogP contribution < -0.4 is 10.6 Å². The third kappa shape index (κ3) is 3.94. The summed E-state index contributed by atoms with van der Waals surface area (Å²) in [5.41, 5.74) is 1.76. The molecule has 0 radical (unpaired) electrons. The Morgan fingerprint density at radius 2 is 2.04 bits per heavy atom. The molecule has 3 rings (SSSR count). The van der Waals surface area contributed by atoms with E-state index in [9.17, 15) is 18.0 Å². The topological polar surface area (TPSA) is 44.4 Å². The predicted molar refractivity (Wildman–Crippen MR) is 85.7 cm³/mol. The SMILES string of the molecule is O=C1NCCN1Cc1ccccc1NC1CCCC(C(F)(F)F)C1. The standard InChI is InChI=1S/C17H22F3N3O/c18-17(19,20)13-5-3-6-14(10-13)22-15-7-2-1-4-12(15)11-23-9-8-21-16(23)24/h1-2,4,7,13-14,22H,3,5-6,8-11H2,(H,21,24). The number of urea groups is 1. The third-order valence-electron chi connectivity index (χ3n) is 4.82. The van der Waals surface area contributed by atoms with E-state index in [1.165, 1.54) is 0 Å². The van der Waals surface area contributed by atoms with E-state index >= 15 is 0 Å². The summed E-state index contributed by atoms with van der Waals surface area (Å²) in [6.45, 7) is 1.74. The molecule has 4 nitrogen and oxygen atoms in total. The van der Waals surface area contributed by atoms with Crippen molar-refractivity contribution in [2.24, 2.45) is 5.92 Å². The zero-order chi connectivity index (χ0) is 17.2. The van der Waals surface area contributed by atoms with Gasteiger partial charge < -0.3 is 15.5 Å². The number of halogens is 3. The summed E-state index contributed by atoms with van der Waals surface area (Å²) in [6, 6.07) is 7.25. The molecule has 132 valence electrons. The van der Waals surface area contributed by atoms with Crippen LogP contribution in [0, 0.1) is 5.92 Å². The van der Waals surface area contributed by atoms with E-state index in [2.05, 4.69) is 10.6 Å². The fourth-order valence-electron chi connectivity index (χ4n) is 3.50. The maximum absolute atomic E-state index is 13.0. The fourth-order valence-corrected chi connectivity index (χ4v) is 3.50. The number of alkyl halides is 3. The molecule has 2 unspecified atom stereocenters. The minimum Gasteiger partial charge on any atom is -0.382 e. The molecule has 1 aromatic carbocycles. The van der Waals surface area contributed by atoms with E-state index in [4.69, 9.17) is 0 Å². The van der Waals surface area contributed by atoms with Crippen molar-refractivity contribution in [2.75, 3.05) is 18.4 Å². The maximum atomic E-state index is 13.0. The van der Waals surface area contributed by atoms with Crippen LogP contribution in [0.2, 0.25) is 0 Å². The van der Waals surface area contributed by atoms with Gasteiger partial charge >= 0.3 is 12.2 Å². The van der Waals surface area contributed by atoms with Gasteiger partial charge in [-0.15, -0.1) is 0 Å². The number of hydrogen-bond acceptors (Lipinski definition) is 2. The van der Waals surface area contributed by atoms with Crippen LogP contribution in [0.5, 0.6) is 0 Å². The average molecular weight is 341 g/mol. The van der Waals surface area contributed by atoms with Gasteiger partial charge in [0.05, 0.1) is 5.92 Å². The van der Waals surface area contributed by atoms with Crippen LogP contribution in [0.4, 0.5) is 23.7 Å². The van der Waals surface area contributed by atoms with Crippen molar-refractivity contribution in [3.8, 4) is 0 Å². The molecule has 2 aliphatic rings. The van der Waals surface area contributed by atoms with Gasteiger partial charge in [-0.3, -0.25) is 0 Å². The van der Waals surface area contributed by atoms with Crippen molar-refractivity contribution in [1.29, 1.82) is 0 Å². The van der Waals surface area contributed by atoms with E-state index in [1.54, 1.807) is 4.90 Å². The second kappa shape index (κ2) is 6.91. The summed E-state index contributed by atoms with van der Waals surface area (Å²) in [7, 11) is 0. The first-order valence-electron chi connectivity index (χ1n) is 8.37. The Kier molecular flexibility index (Phi) is 4.87. The van der Waals surface area contributed by atoms with Crippen LogP contribution in [-0.4, -0.2) is 36.2 Å². The lowest BCUT2D eigenvalue weighted by Crippen LogP contribution is -2.35. The molecule has 0 bridgehead atoms. The highest BCUT2D eigenvalue weighted by molar-refractivity contribution is 5.76. The molecule has 2 atom stereocenters. The molecule has 1 aromatic rings. The normalized spacial score (nSPS) is 24.8. The number of rotatable bonds is 4. The highest BCUT2D eigenvalue weighted by Gasteiger charge is 2.42. The second-order valence-corrected chi connectivity index (χ2v) is 6.56. The van der Waals surface area contributed by atoms with E-state index in [-0.39, 0.29) is 24.9 Å². The average Bonchev–Trinajstić information content (AvgIpc) is 2.94. The van der Waals surface area contributed by atoms with Crippen molar-refractivity contribution in [2.45, 2.75) is 44.4 Å². The molecule has 2 amide bonds. The summed E-state index contributed by atoms with van der Waals surface area (Å²) in [5, 5.41) is 6.04. The quantitative estimate of drug-likeness (QED) is 0.876. The largest absolute Gasteiger partial charge is 0.391 e. The zero-order valence-corrected chi connectivity index (χ0v) is 13.4. The number of nitrogens with one attached hydrogen (secondary N) is 2. The van der Waals surface area contributed by atoms with Gasteiger partial charge in [-0.2, -0.15) is 13.2 Å². The van der Waals surface area contributed by atoms with E-state index in [1.807, 2.05) is 24.3 Å². The van der Waals surface area contributed by atoms with E-state index in [0.717, 1.165) is 17.7 Å². The van der Waals surface area contributed by atoms with Gasteiger partial charge in [0.15, 0.2) is 0 Å². The van der Waals surface area contributed by atoms with Crippen molar-refractivity contribution >= 4 is 11.7 Å². The number of hydrogen-bond donors (Lipinski definition) is 2. The molecule has 1 aliphatic heterocycles. The summed E-state index contributed by atoms with van der Waals surface area (Å²) < 4.78 is 38.9. The molecule has 2 N–H and O–H groups in total. The summed E-state index contributed by atoms with van der Waals surface area (Å²) in [6.07, 6.45) is -2.46. The molecule has 24 heavy (non-hydrogen) atoms. The van der Waals surface area contributed by atoms with E-state index in [0.29, 0.717) is 26.1 Å². The lowest BCUT2D eigenvalue weighted by Gasteiger charge is -2.32.